The summed E-state index contributed by atoms with van der Waals surface area (Å²) in [7, 11) is 1.70. The number of aliphatic imine (C=N–C) groups is 1. The summed E-state index contributed by atoms with van der Waals surface area (Å²) < 4.78 is 1.05. The molecule has 0 saturated carbocycles. The topological polar surface area (TPSA) is 77.9 Å². The van der Waals surface area contributed by atoms with E-state index < -0.39 is 0 Å². The van der Waals surface area contributed by atoms with Crippen LogP contribution in [0.1, 0.15) is 33.3 Å². The van der Waals surface area contributed by atoms with Gasteiger partial charge in [0.25, 0.3) is 0 Å². The highest BCUT2D eigenvalue weighted by Gasteiger charge is 2.17. The zero-order chi connectivity index (χ0) is 21.2. The lowest BCUT2D eigenvalue weighted by Gasteiger charge is -2.18. The Labute approximate surface area is 175 Å². The highest BCUT2D eigenvalue weighted by atomic mass is 32.1. The van der Waals surface area contributed by atoms with Gasteiger partial charge in [-0.15, -0.1) is 0 Å². The van der Waals surface area contributed by atoms with E-state index in [0.29, 0.717) is 11.7 Å². The van der Waals surface area contributed by atoms with Gasteiger partial charge in [0.2, 0.25) is 11.8 Å². The lowest BCUT2D eigenvalue weighted by Crippen LogP contribution is -2.33. The molecule has 2 heterocycles. The van der Waals surface area contributed by atoms with Crippen LogP contribution in [0.2, 0.25) is 0 Å². The quantitative estimate of drug-likeness (QED) is 0.838. The number of likely N-dealkylation sites (N-methyl/N-ethyl adjacent to an activating group) is 1. The molecule has 3 rings (SSSR count). The molecule has 2 amide bonds. The number of thiazole rings is 1. The molecule has 7 nitrogen and oxygen atoms in total. The van der Waals surface area contributed by atoms with E-state index >= 15 is 0 Å². The van der Waals surface area contributed by atoms with Crippen LogP contribution in [0.3, 0.4) is 0 Å². The predicted octanol–water partition coefficient (Wildman–Crippen LogP) is 3.24. The van der Waals surface area contributed by atoms with Crippen LogP contribution in [-0.4, -0.2) is 59.7 Å². The van der Waals surface area contributed by atoms with Gasteiger partial charge in [-0.3, -0.25) is 14.6 Å². The van der Waals surface area contributed by atoms with Gasteiger partial charge in [-0.25, -0.2) is 4.98 Å². The molecule has 0 bridgehead atoms. The van der Waals surface area contributed by atoms with E-state index in [2.05, 4.69) is 48.2 Å². The number of nitrogens with one attached hydrogen (secondary N) is 1. The second-order valence-corrected chi connectivity index (χ2v) is 9.40. The second-order valence-electron chi connectivity index (χ2n) is 8.37. The monoisotopic (exact) mass is 413 g/mol. The fraction of sp³-hybridized carbons (Fsp3) is 0.429. The van der Waals surface area contributed by atoms with Crippen molar-refractivity contribution in [1.82, 2.24) is 14.8 Å². The Kier molecular flexibility index (Phi) is 6.02. The third-order valence-electron chi connectivity index (χ3n) is 4.58. The highest BCUT2D eigenvalue weighted by Crippen LogP contribution is 2.31. The molecule has 1 aromatic heterocycles. The van der Waals surface area contributed by atoms with Crippen molar-refractivity contribution in [3.63, 3.8) is 0 Å². The second kappa shape index (κ2) is 8.32. The first-order valence-corrected chi connectivity index (χ1v) is 10.3. The molecule has 0 radical (unpaired) electrons. The molecule has 2 aromatic rings. The zero-order valence-electron chi connectivity index (χ0n) is 17.5. The van der Waals surface area contributed by atoms with E-state index in [1.807, 2.05) is 13.0 Å². The third-order valence-corrected chi connectivity index (χ3v) is 5.52. The summed E-state index contributed by atoms with van der Waals surface area (Å²) in [5, 5.41) is 3.47. The Morgan fingerprint density at radius 2 is 2.07 bits per heavy atom. The Morgan fingerprint density at radius 1 is 1.31 bits per heavy atom. The molecule has 0 unspecified atom stereocenters. The van der Waals surface area contributed by atoms with Crippen molar-refractivity contribution in [1.29, 1.82) is 0 Å². The molecule has 1 N–H and O–H groups in total. The number of hydrogen-bond acceptors (Lipinski definition) is 6. The van der Waals surface area contributed by atoms with Gasteiger partial charge in [0.15, 0.2) is 5.13 Å². The number of amides is 2. The van der Waals surface area contributed by atoms with Crippen LogP contribution in [0.25, 0.3) is 10.2 Å². The molecule has 0 aliphatic carbocycles. The van der Waals surface area contributed by atoms with Gasteiger partial charge in [0.1, 0.15) is 6.67 Å². The minimum absolute atomic E-state index is 0.0615. The molecule has 0 saturated heterocycles. The molecule has 1 aromatic carbocycles. The van der Waals surface area contributed by atoms with Crippen LogP contribution in [0.4, 0.5) is 5.13 Å². The zero-order valence-corrected chi connectivity index (χ0v) is 18.3. The molecule has 29 heavy (non-hydrogen) atoms. The predicted molar refractivity (Wildman–Crippen MR) is 118 cm³/mol. The van der Waals surface area contributed by atoms with Crippen LogP contribution in [0.15, 0.2) is 34.8 Å². The van der Waals surface area contributed by atoms with Crippen molar-refractivity contribution in [3.8, 4) is 0 Å². The number of nitrogens with zero attached hydrogens (tertiary/aromatic N) is 4. The van der Waals surface area contributed by atoms with Crippen LogP contribution >= 0.6 is 11.3 Å². The van der Waals surface area contributed by atoms with E-state index in [4.69, 9.17) is 0 Å². The smallest absolute Gasteiger partial charge is 0.247 e. The Balaban J connectivity index is 1.70. The minimum atomic E-state index is -0.168. The van der Waals surface area contributed by atoms with E-state index in [1.165, 1.54) is 21.8 Å². The van der Waals surface area contributed by atoms with Gasteiger partial charge < -0.3 is 15.1 Å². The van der Waals surface area contributed by atoms with Crippen molar-refractivity contribution in [2.24, 2.45) is 4.99 Å². The first-order chi connectivity index (χ1) is 13.6. The summed E-state index contributed by atoms with van der Waals surface area (Å²) in [5.74, 6) is -0.256. The Hall–Kier alpha value is -2.74. The number of aromatic nitrogens is 1. The van der Waals surface area contributed by atoms with E-state index in [9.17, 15) is 9.59 Å². The lowest BCUT2D eigenvalue weighted by atomic mass is 9.87. The first-order valence-electron chi connectivity index (χ1n) is 9.49. The standard InChI is InChI=1S/C21H27N5O2S/c1-14-8-19(28)25(5)12-22-13-26(10-14)11-18(27)24-20-23-16-7-6-15(21(2,3)4)9-17(16)29-20/h6-9,13H,10-12H2,1-5H3,(H,23,24,27)/b14-8-,22-13?. The van der Waals surface area contributed by atoms with Crippen LogP contribution < -0.4 is 5.32 Å². The minimum Gasteiger partial charge on any atom is -0.350 e. The van der Waals surface area contributed by atoms with Crippen molar-refractivity contribution in [3.05, 3.63) is 35.4 Å². The van der Waals surface area contributed by atoms with Crippen molar-refractivity contribution >= 4 is 44.8 Å². The van der Waals surface area contributed by atoms with E-state index in [-0.39, 0.29) is 30.4 Å². The average molecular weight is 414 g/mol. The Bertz CT molecular complexity index is 987. The fourth-order valence-electron chi connectivity index (χ4n) is 2.96. The van der Waals surface area contributed by atoms with Gasteiger partial charge in [-0.1, -0.05) is 38.2 Å². The van der Waals surface area contributed by atoms with Gasteiger partial charge in [0, 0.05) is 19.7 Å². The highest BCUT2D eigenvalue weighted by molar-refractivity contribution is 7.22. The summed E-state index contributed by atoms with van der Waals surface area (Å²) in [6.07, 6.45) is 3.21. The molecule has 154 valence electrons. The largest absolute Gasteiger partial charge is 0.350 e. The summed E-state index contributed by atoms with van der Waals surface area (Å²) in [5.41, 5.74) is 3.05. The lowest BCUT2D eigenvalue weighted by molar-refractivity contribution is -0.124. The molecular formula is C21H27N5O2S. The molecule has 1 aliphatic heterocycles. The number of benzene rings is 1. The Morgan fingerprint density at radius 3 is 2.79 bits per heavy atom. The summed E-state index contributed by atoms with van der Waals surface area (Å²) in [6, 6.07) is 6.22. The van der Waals surface area contributed by atoms with E-state index in [1.54, 1.807) is 24.4 Å². The number of carbonyl (C=O) groups is 2. The number of hydrogen-bond donors (Lipinski definition) is 1. The number of fused-ring (bicyclic) bond motifs is 1. The van der Waals surface area contributed by atoms with Gasteiger partial charge >= 0.3 is 0 Å². The molecule has 0 fully saturated rings. The SMILES string of the molecule is C/C1=C/C(=O)N(C)CN=CN(CC(=O)Nc2nc3ccc(C(C)(C)C)cc3s2)C1. The van der Waals surface area contributed by atoms with Crippen LogP contribution in [-0.2, 0) is 15.0 Å². The summed E-state index contributed by atoms with van der Waals surface area (Å²) in [6.45, 7) is 9.25. The fourth-order valence-corrected chi connectivity index (χ4v) is 3.88. The number of rotatable bonds is 3. The summed E-state index contributed by atoms with van der Waals surface area (Å²) in [4.78, 5) is 36.6. The molecular weight excluding hydrogens is 386 g/mol. The third kappa shape index (κ3) is 5.41. The first kappa shape index (κ1) is 21.0. The van der Waals surface area contributed by atoms with E-state index in [0.717, 1.165) is 15.8 Å². The molecule has 1 aliphatic rings. The number of carbonyl (C=O) groups excluding carboxylic acids is 2. The van der Waals surface area contributed by atoms with Gasteiger partial charge in [-0.05, 0) is 35.6 Å². The molecule has 8 heteroatoms. The normalized spacial score (nSPS) is 17.6. The van der Waals surface area contributed by atoms with Crippen LogP contribution in [0, 0.1) is 0 Å². The maximum atomic E-state index is 12.6. The average Bonchev–Trinajstić information content (AvgIpc) is 3.02. The summed E-state index contributed by atoms with van der Waals surface area (Å²) >= 11 is 1.47. The molecule has 0 spiro atoms. The van der Waals surface area contributed by atoms with Crippen molar-refractivity contribution in [2.45, 2.75) is 33.1 Å². The van der Waals surface area contributed by atoms with Crippen molar-refractivity contribution < 1.29 is 9.59 Å². The maximum Gasteiger partial charge on any atom is 0.247 e. The van der Waals surface area contributed by atoms with Crippen LogP contribution in [0.5, 0.6) is 0 Å². The maximum absolute atomic E-state index is 12.6. The number of anilines is 1. The van der Waals surface area contributed by atoms with Gasteiger partial charge in [-0.2, -0.15) is 0 Å². The molecule has 0 atom stereocenters. The van der Waals surface area contributed by atoms with Gasteiger partial charge in [0.05, 0.1) is 23.1 Å². The van der Waals surface area contributed by atoms with Crippen molar-refractivity contribution in [2.75, 3.05) is 32.1 Å².